The van der Waals surface area contributed by atoms with Crippen molar-refractivity contribution in [1.82, 2.24) is 10.1 Å². The van der Waals surface area contributed by atoms with Gasteiger partial charge in [-0.15, -0.1) is 0 Å². The summed E-state index contributed by atoms with van der Waals surface area (Å²) in [4.78, 5) is 16.3. The second kappa shape index (κ2) is 5.97. The number of aromatic nitrogens is 2. The second-order valence-corrected chi connectivity index (χ2v) is 5.50. The van der Waals surface area contributed by atoms with Crippen LogP contribution in [0.5, 0.6) is 0 Å². The summed E-state index contributed by atoms with van der Waals surface area (Å²) < 4.78 is 4.89. The molecule has 5 nitrogen and oxygen atoms in total. The summed E-state index contributed by atoms with van der Waals surface area (Å²) in [6.45, 7) is 1.77. The third-order valence-electron chi connectivity index (χ3n) is 2.82. The maximum absolute atomic E-state index is 11.8. The van der Waals surface area contributed by atoms with Crippen molar-refractivity contribution in [2.45, 2.75) is 11.9 Å². The number of para-hydroxylation sites is 1. The minimum Gasteiger partial charge on any atom is -0.360 e. The summed E-state index contributed by atoms with van der Waals surface area (Å²) in [7, 11) is 0. The van der Waals surface area contributed by atoms with E-state index in [1.54, 1.807) is 13.0 Å². The third-order valence-corrected chi connectivity index (χ3v) is 3.75. The van der Waals surface area contributed by atoms with Crippen molar-refractivity contribution in [3.63, 3.8) is 0 Å². The summed E-state index contributed by atoms with van der Waals surface area (Å²) in [6.07, 6.45) is 0. The lowest BCUT2D eigenvalue weighted by atomic mass is 10.2. The maximum Gasteiger partial charge on any atom is 0.236 e. The van der Waals surface area contributed by atoms with Crippen LogP contribution in [0.4, 0.5) is 5.82 Å². The number of anilines is 1. The molecule has 0 atom stereocenters. The molecule has 1 N–H and O–H groups in total. The Morgan fingerprint density at radius 2 is 2.14 bits per heavy atom. The number of pyridine rings is 1. The van der Waals surface area contributed by atoms with Crippen LogP contribution in [0.25, 0.3) is 10.9 Å². The number of carbonyl (C=O) groups is 1. The predicted octanol–water partition coefficient (Wildman–Crippen LogP) is 3.26. The molecule has 0 saturated heterocycles. The van der Waals surface area contributed by atoms with Crippen LogP contribution in [0.15, 0.2) is 52.0 Å². The first-order chi connectivity index (χ1) is 10.2. The van der Waals surface area contributed by atoms with Crippen LogP contribution in [0.3, 0.4) is 0 Å². The van der Waals surface area contributed by atoms with E-state index in [9.17, 15) is 4.79 Å². The number of hydrogen-bond donors (Lipinski definition) is 1. The lowest BCUT2D eigenvalue weighted by molar-refractivity contribution is -0.113. The Balaban J connectivity index is 1.61. The van der Waals surface area contributed by atoms with Crippen LogP contribution in [-0.2, 0) is 4.79 Å². The first-order valence-corrected chi connectivity index (χ1v) is 7.41. The highest BCUT2D eigenvalue weighted by molar-refractivity contribution is 7.99. The Labute approximate surface area is 125 Å². The molecule has 6 heteroatoms. The molecule has 0 bridgehead atoms. The molecule has 0 radical (unpaired) electrons. The molecule has 2 aromatic heterocycles. The zero-order valence-corrected chi connectivity index (χ0v) is 12.2. The van der Waals surface area contributed by atoms with Gasteiger partial charge in [0, 0.05) is 11.5 Å². The first-order valence-electron chi connectivity index (χ1n) is 6.42. The summed E-state index contributed by atoms with van der Waals surface area (Å²) in [5, 5.41) is 8.30. The van der Waals surface area contributed by atoms with E-state index in [1.807, 2.05) is 36.4 Å². The van der Waals surface area contributed by atoms with Crippen molar-refractivity contribution < 1.29 is 9.32 Å². The zero-order chi connectivity index (χ0) is 14.7. The maximum atomic E-state index is 11.8. The van der Waals surface area contributed by atoms with Crippen molar-refractivity contribution in [3.05, 3.63) is 48.2 Å². The highest BCUT2D eigenvalue weighted by atomic mass is 32.2. The fourth-order valence-electron chi connectivity index (χ4n) is 1.87. The normalized spacial score (nSPS) is 10.7. The van der Waals surface area contributed by atoms with E-state index >= 15 is 0 Å². The van der Waals surface area contributed by atoms with Gasteiger partial charge in [0.05, 0.1) is 16.3 Å². The Morgan fingerprint density at radius 1 is 1.29 bits per heavy atom. The molecule has 0 spiro atoms. The molecule has 1 amide bonds. The van der Waals surface area contributed by atoms with Crippen LogP contribution in [0, 0.1) is 6.92 Å². The third kappa shape index (κ3) is 3.41. The van der Waals surface area contributed by atoms with Gasteiger partial charge in [-0.2, -0.15) is 0 Å². The highest BCUT2D eigenvalue weighted by Crippen LogP contribution is 2.20. The molecule has 0 aliphatic carbocycles. The topological polar surface area (TPSA) is 68.0 Å². The molecule has 106 valence electrons. The van der Waals surface area contributed by atoms with Crippen molar-refractivity contribution >= 4 is 34.4 Å². The summed E-state index contributed by atoms with van der Waals surface area (Å²) in [6, 6.07) is 13.5. The van der Waals surface area contributed by atoms with Crippen LogP contribution >= 0.6 is 11.8 Å². The van der Waals surface area contributed by atoms with E-state index in [0.717, 1.165) is 15.9 Å². The number of thioether (sulfide) groups is 1. The van der Waals surface area contributed by atoms with Gasteiger partial charge in [0.15, 0.2) is 5.82 Å². The number of fused-ring (bicyclic) bond motifs is 1. The van der Waals surface area contributed by atoms with Crippen molar-refractivity contribution in [2.75, 3.05) is 11.1 Å². The number of hydrogen-bond acceptors (Lipinski definition) is 5. The summed E-state index contributed by atoms with van der Waals surface area (Å²) >= 11 is 1.39. The van der Waals surface area contributed by atoms with Gasteiger partial charge in [-0.05, 0) is 19.1 Å². The highest BCUT2D eigenvalue weighted by Gasteiger charge is 2.07. The molecule has 0 fully saturated rings. The molecule has 2 heterocycles. The Bertz CT molecular complexity index is 785. The van der Waals surface area contributed by atoms with Gasteiger partial charge in [-0.25, -0.2) is 4.98 Å². The lowest BCUT2D eigenvalue weighted by Gasteiger charge is -2.03. The van der Waals surface area contributed by atoms with Crippen LogP contribution in [0.2, 0.25) is 0 Å². The van der Waals surface area contributed by atoms with Crippen molar-refractivity contribution in [3.8, 4) is 0 Å². The van der Waals surface area contributed by atoms with Gasteiger partial charge in [0.25, 0.3) is 0 Å². The van der Waals surface area contributed by atoms with E-state index in [4.69, 9.17) is 4.52 Å². The standard InChI is InChI=1S/C15H13N3O2S/c1-10-8-13(18-20-10)17-14(19)9-21-15-7-6-11-4-2-3-5-12(11)16-15/h2-8H,9H2,1H3,(H,17,18,19). The number of nitrogens with one attached hydrogen (secondary N) is 1. The minimum absolute atomic E-state index is 0.136. The largest absolute Gasteiger partial charge is 0.360 e. The predicted molar refractivity (Wildman–Crippen MR) is 82.3 cm³/mol. The van der Waals surface area contributed by atoms with Crippen LogP contribution in [0.1, 0.15) is 5.76 Å². The van der Waals surface area contributed by atoms with Gasteiger partial charge < -0.3 is 9.84 Å². The van der Waals surface area contributed by atoms with E-state index in [2.05, 4.69) is 15.5 Å². The smallest absolute Gasteiger partial charge is 0.236 e. The molecule has 3 rings (SSSR count). The van der Waals surface area contributed by atoms with Gasteiger partial charge in [0.2, 0.25) is 5.91 Å². The molecule has 0 aliphatic rings. The average Bonchev–Trinajstić information content (AvgIpc) is 2.90. The Hall–Kier alpha value is -2.34. The fraction of sp³-hybridized carbons (Fsp3) is 0.133. The molecule has 0 unspecified atom stereocenters. The van der Waals surface area contributed by atoms with Gasteiger partial charge >= 0.3 is 0 Å². The number of amides is 1. The summed E-state index contributed by atoms with van der Waals surface area (Å²) in [5.74, 6) is 1.24. The molecule has 1 aromatic carbocycles. The van der Waals surface area contributed by atoms with E-state index in [0.29, 0.717) is 11.6 Å². The van der Waals surface area contributed by atoms with Gasteiger partial charge in [-0.1, -0.05) is 41.2 Å². The Kier molecular flexibility index (Phi) is 3.87. The number of carbonyl (C=O) groups excluding carboxylic acids is 1. The van der Waals surface area contributed by atoms with Crippen molar-refractivity contribution in [1.29, 1.82) is 0 Å². The molecule has 0 saturated carbocycles. The van der Waals surface area contributed by atoms with E-state index in [1.165, 1.54) is 11.8 Å². The molecule has 21 heavy (non-hydrogen) atoms. The lowest BCUT2D eigenvalue weighted by Crippen LogP contribution is -2.14. The molecular weight excluding hydrogens is 286 g/mol. The fourth-order valence-corrected chi connectivity index (χ4v) is 2.55. The molecule has 0 aliphatic heterocycles. The number of nitrogens with zero attached hydrogens (tertiary/aromatic N) is 2. The number of rotatable bonds is 4. The Morgan fingerprint density at radius 3 is 2.95 bits per heavy atom. The van der Waals surface area contributed by atoms with Crippen molar-refractivity contribution in [2.24, 2.45) is 0 Å². The van der Waals surface area contributed by atoms with E-state index in [-0.39, 0.29) is 11.7 Å². The number of benzene rings is 1. The SMILES string of the molecule is Cc1cc(NC(=O)CSc2ccc3ccccc3n2)no1. The number of aryl methyl sites for hydroxylation is 1. The zero-order valence-electron chi connectivity index (χ0n) is 11.4. The average molecular weight is 299 g/mol. The quantitative estimate of drug-likeness (QED) is 0.749. The summed E-state index contributed by atoms with van der Waals surface area (Å²) in [5.41, 5.74) is 0.926. The molecular formula is C15H13N3O2S. The van der Waals surface area contributed by atoms with Crippen LogP contribution < -0.4 is 5.32 Å². The van der Waals surface area contributed by atoms with Gasteiger partial charge in [0.1, 0.15) is 5.76 Å². The monoisotopic (exact) mass is 299 g/mol. The first kappa shape index (κ1) is 13.6. The van der Waals surface area contributed by atoms with E-state index < -0.39 is 0 Å². The molecule has 3 aromatic rings. The second-order valence-electron chi connectivity index (χ2n) is 4.50. The minimum atomic E-state index is -0.136. The van der Waals surface area contributed by atoms with Crippen LogP contribution in [-0.4, -0.2) is 21.8 Å². The van der Waals surface area contributed by atoms with Gasteiger partial charge in [-0.3, -0.25) is 4.79 Å².